The van der Waals surface area contributed by atoms with Gasteiger partial charge in [0.2, 0.25) is 0 Å². The maximum atomic E-state index is 3.64. The summed E-state index contributed by atoms with van der Waals surface area (Å²) in [5.74, 6) is 2.68. The van der Waals surface area contributed by atoms with Gasteiger partial charge in [-0.1, -0.05) is 20.8 Å². The number of hydrogen-bond donors (Lipinski definition) is 1. The maximum absolute atomic E-state index is 3.64. The lowest BCUT2D eigenvalue weighted by atomic mass is 9.96. The molecule has 0 aromatic rings. The zero-order valence-corrected chi connectivity index (χ0v) is 9.34. The number of nitrogens with one attached hydrogen (secondary N) is 1. The van der Waals surface area contributed by atoms with Crippen LogP contribution in [0, 0.1) is 5.41 Å². The summed E-state index contributed by atoms with van der Waals surface area (Å²) in [5, 5.41) is 3.64. The second-order valence-electron chi connectivity index (χ2n) is 4.86. The molecule has 12 heavy (non-hydrogen) atoms. The third-order valence-electron chi connectivity index (χ3n) is 2.08. The van der Waals surface area contributed by atoms with Gasteiger partial charge in [-0.2, -0.15) is 11.8 Å². The Hall–Kier alpha value is 0.310. The highest BCUT2D eigenvalue weighted by Gasteiger charge is 2.16. The molecule has 0 aromatic carbocycles. The lowest BCUT2D eigenvalue weighted by Crippen LogP contribution is -2.38. The van der Waals surface area contributed by atoms with Gasteiger partial charge >= 0.3 is 0 Å². The Kier molecular flexibility index (Phi) is 3.91. The Labute approximate surface area is 80.7 Å². The Balaban J connectivity index is 2.13. The topological polar surface area (TPSA) is 12.0 Å². The van der Waals surface area contributed by atoms with Gasteiger partial charge in [0, 0.05) is 18.3 Å². The van der Waals surface area contributed by atoms with E-state index in [4.69, 9.17) is 0 Å². The van der Waals surface area contributed by atoms with Crippen LogP contribution < -0.4 is 5.32 Å². The van der Waals surface area contributed by atoms with E-state index in [1.165, 1.54) is 24.3 Å². The van der Waals surface area contributed by atoms with Gasteiger partial charge in [-0.3, -0.25) is 0 Å². The zero-order valence-electron chi connectivity index (χ0n) is 8.52. The lowest BCUT2D eigenvalue weighted by molar-refractivity contribution is 0.350. The van der Waals surface area contributed by atoms with E-state index < -0.39 is 0 Å². The van der Waals surface area contributed by atoms with Crippen LogP contribution in [-0.2, 0) is 0 Å². The van der Waals surface area contributed by atoms with Crippen LogP contribution in [0.5, 0.6) is 0 Å². The predicted octanol–water partition coefficient (Wildman–Crippen LogP) is 2.52. The molecule has 1 unspecified atom stereocenters. The first kappa shape index (κ1) is 10.4. The van der Waals surface area contributed by atoms with Crippen LogP contribution in [0.2, 0.25) is 0 Å². The van der Waals surface area contributed by atoms with Crippen molar-refractivity contribution < 1.29 is 0 Å². The van der Waals surface area contributed by atoms with Crippen molar-refractivity contribution in [1.29, 1.82) is 0 Å². The highest BCUT2D eigenvalue weighted by Crippen LogP contribution is 2.18. The summed E-state index contributed by atoms with van der Waals surface area (Å²) in [5.41, 5.74) is 0.433. The van der Waals surface area contributed by atoms with E-state index in [9.17, 15) is 0 Å². The van der Waals surface area contributed by atoms with Gasteiger partial charge in [0.05, 0.1) is 0 Å². The van der Waals surface area contributed by atoms with E-state index in [2.05, 4.69) is 37.8 Å². The van der Waals surface area contributed by atoms with Gasteiger partial charge in [0.15, 0.2) is 0 Å². The van der Waals surface area contributed by atoms with Crippen LogP contribution in [0.15, 0.2) is 0 Å². The van der Waals surface area contributed by atoms with Crippen molar-refractivity contribution in [1.82, 2.24) is 5.32 Å². The van der Waals surface area contributed by atoms with Crippen LogP contribution in [0.25, 0.3) is 0 Å². The fourth-order valence-corrected chi connectivity index (χ4v) is 2.46. The average Bonchev–Trinajstić information content (AvgIpc) is 2.02. The molecule has 0 amide bonds. The quantitative estimate of drug-likeness (QED) is 0.713. The molecule has 0 aliphatic carbocycles. The Bertz CT molecular complexity index is 122. The zero-order chi connectivity index (χ0) is 9.03. The van der Waals surface area contributed by atoms with E-state index >= 15 is 0 Å². The first-order valence-corrected chi connectivity index (χ1v) is 6.04. The van der Waals surface area contributed by atoms with Crippen LogP contribution in [0.4, 0.5) is 0 Å². The normalized spacial score (nSPS) is 25.8. The highest BCUT2D eigenvalue weighted by atomic mass is 32.2. The van der Waals surface area contributed by atoms with Gasteiger partial charge in [0.25, 0.3) is 0 Å². The molecule has 1 aliphatic heterocycles. The van der Waals surface area contributed by atoms with E-state index in [1.54, 1.807) is 0 Å². The lowest BCUT2D eigenvalue weighted by Gasteiger charge is -2.27. The molecule has 72 valence electrons. The van der Waals surface area contributed by atoms with Gasteiger partial charge in [-0.05, 0) is 24.0 Å². The summed E-state index contributed by atoms with van der Waals surface area (Å²) < 4.78 is 0. The Morgan fingerprint density at radius 2 is 2.17 bits per heavy atom. The monoisotopic (exact) mass is 187 g/mol. The number of thioether (sulfide) groups is 1. The van der Waals surface area contributed by atoms with Crippen molar-refractivity contribution >= 4 is 11.8 Å². The van der Waals surface area contributed by atoms with Crippen molar-refractivity contribution in [2.45, 2.75) is 39.7 Å². The van der Waals surface area contributed by atoms with Crippen molar-refractivity contribution in [3.63, 3.8) is 0 Å². The van der Waals surface area contributed by atoms with Crippen LogP contribution in [-0.4, -0.2) is 24.1 Å². The molecule has 0 spiro atoms. The molecule has 1 rings (SSSR count). The summed E-state index contributed by atoms with van der Waals surface area (Å²) in [6, 6.07) is 0.781. The molecule has 1 saturated heterocycles. The molecule has 0 aromatic heterocycles. The van der Waals surface area contributed by atoms with E-state index in [0.717, 1.165) is 12.6 Å². The summed E-state index contributed by atoms with van der Waals surface area (Å²) >= 11 is 2.09. The summed E-state index contributed by atoms with van der Waals surface area (Å²) in [6.07, 6.45) is 2.77. The molecule has 1 atom stereocenters. The van der Waals surface area contributed by atoms with Crippen LogP contribution in [0.3, 0.4) is 0 Å². The van der Waals surface area contributed by atoms with Gasteiger partial charge < -0.3 is 5.32 Å². The third kappa shape index (κ3) is 4.36. The molecule has 1 heterocycles. The molecule has 1 nitrogen and oxygen atoms in total. The van der Waals surface area contributed by atoms with Crippen molar-refractivity contribution in [2.75, 3.05) is 18.1 Å². The average molecular weight is 187 g/mol. The molecule has 1 N–H and O–H groups in total. The van der Waals surface area contributed by atoms with Crippen LogP contribution in [0.1, 0.15) is 33.6 Å². The largest absolute Gasteiger partial charge is 0.313 e. The molecule has 0 bridgehead atoms. The molecular weight excluding hydrogens is 166 g/mol. The minimum Gasteiger partial charge on any atom is -0.313 e. The summed E-state index contributed by atoms with van der Waals surface area (Å²) in [7, 11) is 0. The summed E-state index contributed by atoms with van der Waals surface area (Å²) in [6.45, 7) is 8.01. The molecule has 0 saturated carbocycles. The maximum Gasteiger partial charge on any atom is 0.0158 e. The molecule has 1 aliphatic rings. The van der Waals surface area contributed by atoms with Gasteiger partial charge in [-0.15, -0.1) is 0 Å². The fraction of sp³-hybridized carbons (Fsp3) is 1.00. The van der Waals surface area contributed by atoms with Gasteiger partial charge in [0.1, 0.15) is 0 Å². The van der Waals surface area contributed by atoms with Gasteiger partial charge in [-0.25, -0.2) is 0 Å². The first-order valence-electron chi connectivity index (χ1n) is 4.89. The third-order valence-corrected chi connectivity index (χ3v) is 3.30. The SMILES string of the molecule is CC(C)(C)CNC1CCCSC1. The molecule has 0 radical (unpaired) electrons. The molecule has 2 heteroatoms. The molecule has 1 fully saturated rings. The highest BCUT2D eigenvalue weighted by molar-refractivity contribution is 7.99. The second kappa shape index (κ2) is 4.52. The standard InChI is InChI=1S/C10H21NS/c1-10(2,3)8-11-9-5-4-6-12-7-9/h9,11H,4-8H2,1-3H3. The Morgan fingerprint density at radius 3 is 2.67 bits per heavy atom. The van der Waals surface area contributed by atoms with Crippen LogP contribution >= 0.6 is 11.8 Å². The smallest absolute Gasteiger partial charge is 0.0158 e. The van der Waals surface area contributed by atoms with E-state index in [1.807, 2.05) is 0 Å². The predicted molar refractivity (Wildman–Crippen MR) is 57.8 cm³/mol. The second-order valence-corrected chi connectivity index (χ2v) is 6.01. The molecular formula is C10H21NS. The minimum atomic E-state index is 0.433. The van der Waals surface area contributed by atoms with E-state index in [-0.39, 0.29) is 0 Å². The Morgan fingerprint density at radius 1 is 1.42 bits per heavy atom. The van der Waals surface area contributed by atoms with E-state index in [0.29, 0.717) is 5.41 Å². The fourth-order valence-electron chi connectivity index (χ4n) is 1.35. The van der Waals surface area contributed by atoms with Crippen molar-refractivity contribution in [2.24, 2.45) is 5.41 Å². The number of hydrogen-bond acceptors (Lipinski definition) is 2. The van der Waals surface area contributed by atoms with Crippen molar-refractivity contribution in [3.8, 4) is 0 Å². The first-order chi connectivity index (χ1) is 5.58. The summed E-state index contributed by atoms with van der Waals surface area (Å²) in [4.78, 5) is 0. The number of rotatable bonds is 2. The van der Waals surface area contributed by atoms with Crippen molar-refractivity contribution in [3.05, 3.63) is 0 Å². The minimum absolute atomic E-state index is 0.433.